The lowest BCUT2D eigenvalue weighted by molar-refractivity contribution is -0.00886. The third-order valence-corrected chi connectivity index (χ3v) is 3.78. The van der Waals surface area contributed by atoms with Gasteiger partial charge >= 0.3 is 6.09 Å². The quantitative estimate of drug-likeness (QED) is 0.821. The van der Waals surface area contributed by atoms with Crippen LogP contribution in [-0.4, -0.2) is 41.8 Å². The molecule has 1 amide bonds. The van der Waals surface area contributed by atoms with Crippen molar-refractivity contribution < 1.29 is 9.53 Å². The molecule has 0 radical (unpaired) electrons. The molecule has 1 saturated carbocycles. The molecule has 1 unspecified atom stereocenters. The van der Waals surface area contributed by atoms with Crippen LogP contribution in [0.3, 0.4) is 0 Å². The van der Waals surface area contributed by atoms with Gasteiger partial charge < -0.3 is 15.0 Å². The van der Waals surface area contributed by atoms with Gasteiger partial charge in [0.1, 0.15) is 5.60 Å². The second-order valence-electron chi connectivity index (χ2n) is 6.35. The molecule has 1 atom stereocenters. The van der Waals surface area contributed by atoms with E-state index < -0.39 is 5.60 Å². The summed E-state index contributed by atoms with van der Waals surface area (Å²) in [5.74, 6) is 0. The van der Waals surface area contributed by atoms with Crippen LogP contribution in [0.25, 0.3) is 0 Å². The largest absolute Gasteiger partial charge is 0.444 e. The van der Waals surface area contributed by atoms with Crippen molar-refractivity contribution in [1.29, 1.82) is 0 Å². The van der Waals surface area contributed by atoms with E-state index in [9.17, 15) is 4.79 Å². The minimum atomic E-state index is -0.391. The van der Waals surface area contributed by atoms with Crippen LogP contribution in [0.15, 0.2) is 0 Å². The third kappa shape index (κ3) is 2.92. The highest BCUT2D eigenvalue weighted by atomic mass is 16.6. The fourth-order valence-corrected chi connectivity index (χ4v) is 2.37. The van der Waals surface area contributed by atoms with Crippen molar-refractivity contribution in [3.8, 4) is 0 Å². The number of hydrogen-bond acceptors (Lipinski definition) is 3. The first kappa shape index (κ1) is 12.7. The predicted octanol–water partition coefficient (Wildman–Crippen LogP) is 2.14. The van der Waals surface area contributed by atoms with E-state index >= 15 is 0 Å². The molecule has 0 aromatic carbocycles. The van der Waals surface area contributed by atoms with Gasteiger partial charge in [-0.3, -0.25) is 0 Å². The molecule has 0 spiro atoms. The van der Waals surface area contributed by atoms with Crippen molar-refractivity contribution in [2.75, 3.05) is 13.6 Å². The molecule has 1 heterocycles. The summed E-state index contributed by atoms with van der Waals surface area (Å²) in [7, 11) is 2.02. The summed E-state index contributed by atoms with van der Waals surface area (Å²) in [6.45, 7) is 6.58. The highest BCUT2D eigenvalue weighted by Gasteiger charge is 2.47. The number of nitrogens with one attached hydrogen (secondary N) is 1. The molecule has 2 rings (SSSR count). The van der Waals surface area contributed by atoms with E-state index in [2.05, 4.69) is 5.32 Å². The second-order valence-corrected chi connectivity index (χ2v) is 6.35. The monoisotopic (exact) mass is 240 g/mol. The first-order valence-corrected chi connectivity index (χ1v) is 6.54. The average molecular weight is 240 g/mol. The molecular weight excluding hydrogens is 216 g/mol. The van der Waals surface area contributed by atoms with Crippen molar-refractivity contribution in [2.24, 2.45) is 0 Å². The van der Waals surface area contributed by atoms with Crippen molar-refractivity contribution >= 4 is 6.09 Å². The Morgan fingerprint density at radius 3 is 2.47 bits per heavy atom. The second kappa shape index (κ2) is 4.16. The summed E-state index contributed by atoms with van der Waals surface area (Å²) >= 11 is 0. The summed E-state index contributed by atoms with van der Waals surface area (Å²) in [6.07, 6.45) is 4.51. The normalized spacial score (nSPS) is 26.4. The Bertz CT molecular complexity index is 305. The highest BCUT2D eigenvalue weighted by molar-refractivity contribution is 5.69. The van der Waals surface area contributed by atoms with Gasteiger partial charge in [-0.2, -0.15) is 0 Å². The number of ether oxygens (including phenoxy) is 1. The highest BCUT2D eigenvalue weighted by Crippen LogP contribution is 2.42. The molecule has 1 aliphatic carbocycles. The van der Waals surface area contributed by atoms with E-state index in [1.165, 1.54) is 12.8 Å². The SMILES string of the molecule is CNC1(CC2CCN2C(=O)OC(C)(C)C)CC1. The summed E-state index contributed by atoms with van der Waals surface area (Å²) in [5, 5.41) is 3.38. The van der Waals surface area contributed by atoms with Gasteiger partial charge in [-0.1, -0.05) is 0 Å². The van der Waals surface area contributed by atoms with E-state index in [0.29, 0.717) is 11.6 Å². The fraction of sp³-hybridized carbons (Fsp3) is 0.923. The van der Waals surface area contributed by atoms with Crippen molar-refractivity contribution in [2.45, 2.75) is 63.6 Å². The zero-order chi connectivity index (χ0) is 12.7. The topological polar surface area (TPSA) is 41.6 Å². The van der Waals surface area contributed by atoms with Gasteiger partial charge in [0.15, 0.2) is 0 Å². The van der Waals surface area contributed by atoms with Crippen molar-refractivity contribution in [1.82, 2.24) is 10.2 Å². The standard InChI is InChI=1S/C13H24N2O2/c1-12(2,3)17-11(16)15-8-5-10(15)9-13(14-4)6-7-13/h10,14H,5-9H2,1-4H3. The first-order chi connectivity index (χ1) is 7.85. The lowest BCUT2D eigenvalue weighted by Gasteiger charge is -2.43. The summed E-state index contributed by atoms with van der Waals surface area (Å²) in [5.41, 5.74) is -0.0805. The summed E-state index contributed by atoms with van der Waals surface area (Å²) < 4.78 is 5.41. The number of rotatable bonds is 3. The van der Waals surface area contributed by atoms with Crippen LogP contribution in [0.2, 0.25) is 0 Å². The third-order valence-electron chi connectivity index (χ3n) is 3.78. The van der Waals surface area contributed by atoms with Crippen LogP contribution in [0.4, 0.5) is 4.79 Å². The van der Waals surface area contributed by atoms with Crippen LogP contribution in [-0.2, 0) is 4.74 Å². The maximum absolute atomic E-state index is 11.9. The van der Waals surface area contributed by atoms with Gasteiger partial charge in [0.2, 0.25) is 0 Å². The molecule has 2 aliphatic rings. The molecule has 2 fully saturated rings. The van der Waals surface area contributed by atoms with Crippen molar-refractivity contribution in [3.63, 3.8) is 0 Å². The van der Waals surface area contributed by atoms with Gasteiger partial charge in [-0.05, 0) is 53.5 Å². The molecule has 98 valence electrons. The molecular formula is C13H24N2O2. The van der Waals surface area contributed by atoms with Crippen LogP contribution < -0.4 is 5.32 Å². The molecule has 17 heavy (non-hydrogen) atoms. The van der Waals surface area contributed by atoms with E-state index in [-0.39, 0.29) is 6.09 Å². The maximum Gasteiger partial charge on any atom is 0.410 e. The first-order valence-electron chi connectivity index (χ1n) is 6.54. The van der Waals surface area contributed by atoms with Gasteiger partial charge in [-0.25, -0.2) is 4.79 Å². The van der Waals surface area contributed by atoms with Crippen LogP contribution in [0.5, 0.6) is 0 Å². The minimum absolute atomic E-state index is 0.152. The van der Waals surface area contributed by atoms with Gasteiger partial charge in [0.05, 0.1) is 0 Å². The Morgan fingerprint density at radius 1 is 1.47 bits per heavy atom. The van der Waals surface area contributed by atoms with Gasteiger partial charge in [0.25, 0.3) is 0 Å². The smallest absolute Gasteiger partial charge is 0.410 e. The Hall–Kier alpha value is -0.770. The Balaban J connectivity index is 1.84. The zero-order valence-electron chi connectivity index (χ0n) is 11.4. The van der Waals surface area contributed by atoms with Crippen LogP contribution in [0.1, 0.15) is 46.5 Å². The van der Waals surface area contributed by atoms with Gasteiger partial charge in [-0.15, -0.1) is 0 Å². The maximum atomic E-state index is 11.9. The molecule has 1 aliphatic heterocycles. The molecule has 0 bridgehead atoms. The van der Waals surface area contributed by atoms with E-state index in [1.54, 1.807) is 0 Å². The average Bonchev–Trinajstić information content (AvgIpc) is 2.90. The number of amides is 1. The van der Waals surface area contributed by atoms with Gasteiger partial charge in [0, 0.05) is 18.1 Å². The Labute approximate surface area is 104 Å². The molecule has 4 nitrogen and oxygen atoms in total. The van der Waals surface area contributed by atoms with E-state index in [0.717, 1.165) is 19.4 Å². The molecule has 1 saturated heterocycles. The Kier molecular flexibility index (Phi) is 3.10. The van der Waals surface area contributed by atoms with Crippen LogP contribution in [0, 0.1) is 0 Å². The molecule has 0 aromatic rings. The number of hydrogen-bond donors (Lipinski definition) is 1. The summed E-state index contributed by atoms with van der Waals surface area (Å²) in [4.78, 5) is 13.8. The number of carbonyl (C=O) groups is 1. The van der Waals surface area contributed by atoms with Crippen molar-refractivity contribution in [3.05, 3.63) is 0 Å². The summed E-state index contributed by atoms with van der Waals surface area (Å²) in [6, 6.07) is 0.375. The van der Waals surface area contributed by atoms with E-state index in [1.807, 2.05) is 32.7 Å². The lowest BCUT2D eigenvalue weighted by Crippen LogP contribution is -2.55. The zero-order valence-corrected chi connectivity index (χ0v) is 11.4. The molecule has 1 N–H and O–H groups in total. The number of nitrogens with zero attached hydrogens (tertiary/aromatic N) is 1. The van der Waals surface area contributed by atoms with E-state index in [4.69, 9.17) is 4.74 Å². The molecule has 4 heteroatoms. The fourth-order valence-electron chi connectivity index (χ4n) is 2.37. The molecule has 0 aromatic heterocycles. The lowest BCUT2D eigenvalue weighted by atomic mass is 9.94. The minimum Gasteiger partial charge on any atom is -0.444 e. The predicted molar refractivity (Wildman–Crippen MR) is 67.0 cm³/mol. The Morgan fingerprint density at radius 2 is 2.12 bits per heavy atom. The number of carbonyl (C=O) groups excluding carboxylic acids is 1. The van der Waals surface area contributed by atoms with Crippen LogP contribution >= 0.6 is 0 Å². The number of likely N-dealkylation sites (tertiary alicyclic amines) is 1.